The minimum atomic E-state index is -0.285. The van der Waals surface area contributed by atoms with E-state index >= 15 is 0 Å². The number of allylic oxidation sites excluding steroid dienone is 1. The number of phenols is 1. The molecule has 2 aromatic carbocycles. The van der Waals surface area contributed by atoms with E-state index in [1.807, 2.05) is 12.1 Å². The van der Waals surface area contributed by atoms with Crippen LogP contribution in [0.5, 0.6) is 11.5 Å². The third-order valence-corrected chi connectivity index (χ3v) is 7.75. The highest BCUT2D eigenvalue weighted by molar-refractivity contribution is 5.70. The predicted octanol–water partition coefficient (Wildman–Crippen LogP) is 2.74. The summed E-state index contributed by atoms with van der Waals surface area (Å²) in [6, 6.07) is 12.3. The first-order valence-corrected chi connectivity index (χ1v) is 13.0. The number of hydrogen-bond donors (Lipinski definition) is 4. The largest absolute Gasteiger partial charge is 0.507 e. The molecule has 3 aliphatic rings. The van der Waals surface area contributed by atoms with Crippen LogP contribution in [-0.2, 0) is 0 Å². The van der Waals surface area contributed by atoms with Crippen LogP contribution in [0, 0.1) is 5.82 Å². The molecule has 2 bridgehead atoms. The number of piperidine rings is 1. The van der Waals surface area contributed by atoms with Crippen LogP contribution < -0.4 is 26.8 Å². The third-order valence-electron chi connectivity index (χ3n) is 7.75. The Morgan fingerprint density at radius 1 is 1.00 bits per heavy atom. The molecule has 8 nitrogen and oxygen atoms in total. The average molecular weight is 509 g/mol. The van der Waals surface area contributed by atoms with E-state index < -0.39 is 0 Å². The van der Waals surface area contributed by atoms with Crippen molar-refractivity contribution in [2.75, 3.05) is 38.1 Å². The van der Waals surface area contributed by atoms with E-state index in [-0.39, 0.29) is 35.6 Å². The number of benzene rings is 2. The number of anilines is 1. The zero-order chi connectivity index (χ0) is 26.1. The Bertz CT molecular complexity index is 1170. The fourth-order valence-corrected chi connectivity index (χ4v) is 5.88. The molecule has 198 valence electrons. The molecule has 0 aromatic heterocycles. The molecule has 0 saturated carbocycles. The topological polar surface area (TPSA) is 117 Å². The van der Waals surface area contributed by atoms with E-state index in [2.05, 4.69) is 21.7 Å². The monoisotopic (exact) mass is 508 g/mol. The van der Waals surface area contributed by atoms with E-state index in [1.165, 1.54) is 6.07 Å². The molecule has 5 rings (SSSR count). The lowest BCUT2D eigenvalue weighted by molar-refractivity contribution is 0.114. The Morgan fingerprint density at radius 3 is 2.32 bits per heavy atom. The first kappa shape index (κ1) is 25.1. The standard InChI is InChI=1S/C28H37FN6O2/c1-33-10-8-22(9-11-33)37-23-13-18(29)12-21(14-23)35-19-6-7-20(35)17-34(16-19)26(28(31)32)15-25(30)24-4-2-3-5-27(24)36/h2-5,12-15,19-20,22,36H,6-11,16-17,30-32H2,1H3/b25-15-. The van der Waals surface area contributed by atoms with Crippen molar-refractivity contribution in [3.63, 3.8) is 0 Å². The van der Waals surface area contributed by atoms with E-state index in [0.717, 1.165) is 44.5 Å². The molecule has 0 radical (unpaired) electrons. The lowest BCUT2D eigenvalue weighted by Crippen LogP contribution is -2.54. The lowest BCUT2D eigenvalue weighted by atomic mass is 10.1. The summed E-state index contributed by atoms with van der Waals surface area (Å²) in [5, 5.41) is 10.2. The van der Waals surface area contributed by atoms with Gasteiger partial charge in [-0.15, -0.1) is 0 Å². The lowest BCUT2D eigenvalue weighted by Gasteiger charge is -2.44. The normalized spacial score (nSPS) is 22.8. The van der Waals surface area contributed by atoms with Crippen LogP contribution in [0.1, 0.15) is 31.2 Å². The maximum Gasteiger partial charge on any atom is 0.128 e. The number of piperazine rings is 1. The molecule has 0 amide bonds. The molecule has 0 spiro atoms. The van der Waals surface area contributed by atoms with Gasteiger partial charge in [0.15, 0.2) is 0 Å². The van der Waals surface area contributed by atoms with Crippen molar-refractivity contribution in [3.8, 4) is 11.5 Å². The number of nitrogens with two attached hydrogens (primary N) is 3. The van der Waals surface area contributed by atoms with Gasteiger partial charge in [-0.1, -0.05) is 12.1 Å². The summed E-state index contributed by atoms with van der Waals surface area (Å²) < 4.78 is 20.9. The number of phenolic OH excluding ortho intramolecular Hbond substituents is 1. The fraction of sp³-hybridized carbons (Fsp3) is 0.429. The fourth-order valence-electron chi connectivity index (χ4n) is 5.88. The number of likely N-dealkylation sites (tertiary alicyclic amines) is 2. The number of hydrogen-bond acceptors (Lipinski definition) is 8. The maximum atomic E-state index is 14.7. The number of rotatable bonds is 6. The first-order valence-electron chi connectivity index (χ1n) is 13.0. The van der Waals surface area contributed by atoms with Crippen molar-refractivity contribution < 1.29 is 14.2 Å². The number of nitrogens with zero attached hydrogens (tertiary/aromatic N) is 3. The summed E-state index contributed by atoms with van der Waals surface area (Å²) in [4.78, 5) is 6.76. The van der Waals surface area contributed by atoms with Gasteiger partial charge in [0.05, 0.1) is 5.70 Å². The van der Waals surface area contributed by atoms with Crippen LogP contribution in [-0.4, -0.2) is 66.3 Å². The molecule has 7 N–H and O–H groups in total. The van der Waals surface area contributed by atoms with Crippen LogP contribution >= 0.6 is 0 Å². The van der Waals surface area contributed by atoms with Crippen molar-refractivity contribution in [2.24, 2.45) is 17.2 Å². The Labute approximate surface area is 217 Å². The van der Waals surface area contributed by atoms with Crippen LogP contribution in [0.4, 0.5) is 10.1 Å². The van der Waals surface area contributed by atoms with Crippen molar-refractivity contribution in [3.05, 3.63) is 71.4 Å². The molecule has 0 aliphatic carbocycles. The summed E-state index contributed by atoms with van der Waals surface area (Å²) >= 11 is 0. The molecular weight excluding hydrogens is 471 g/mol. The number of aromatic hydroxyl groups is 1. The van der Waals surface area contributed by atoms with Gasteiger partial charge in [-0.3, -0.25) is 0 Å². The summed E-state index contributed by atoms with van der Waals surface area (Å²) in [5.74, 6) is 0.579. The average Bonchev–Trinajstić information content (AvgIpc) is 3.13. The van der Waals surface area contributed by atoms with Gasteiger partial charge >= 0.3 is 0 Å². The van der Waals surface area contributed by atoms with E-state index in [9.17, 15) is 9.50 Å². The quantitative estimate of drug-likeness (QED) is 0.440. The highest BCUT2D eigenvalue weighted by Gasteiger charge is 2.41. The zero-order valence-corrected chi connectivity index (χ0v) is 21.3. The second-order valence-corrected chi connectivity index (χ2v) is 10.4. The molecule has 37 heavy (non-hydrogen) atoms. The van der Waals surface area contributed by atoms with Gasteiger partial charge in [0.1, 0.15) is 29.2 Å². The summed E-state index contributed by atoms with van der Waals surface area (Å²) in [7, 11) is 2.11. The van der Waals surface area contributed by atoms with E-state index in [4.69, 9.17) is 21.9 Å². The highest BCUT2D eigenvalue weighted by atomic mass is 19.1. The number of ether oxygens (including phenoxy) is 1. The summed E-state index contributed by atoms with van der Waals surface area (Å²) in [6.45, 7) is 3.33. The van der Waals surface area contributed by atoms with Gasteiger partial charge in [-0.05, 0) is 57.0 Å². The van der Waals surface area contributed by atoms with Gasteiger partial charge in [-0.2, -0.15) is 0 Å². The molecule has 2 unspecified atom stereocenters. The smallest absolute Gasteiger partial charge is 0.128 e. The molecule has 2 atom stereocenters. The van der Waals surface area contributed by atoms with E-state index in [1.54, 1.807) is 30.3 Å². The molecular formula is C28H37FN6O2. The molecule has 3 aliphatic heterocycles. The molecule has 3 saturated heterocycles. The molecule has 9 heteroatoms. The minimum absolute atomic E-state index is 0.0976. The molecule has 3 heterocycles. The first-order chi connectivity index (χ1) is 17.8. The van der Waals surface area contributed by atoms with Gasteiger partial charge in [-0.25, -0.2) is 4.39 Å². The summed E-state index contributed by atoms with van der Waals surface area (Å²) in [5.41, 5.74) is 20.9. The van der Waals surface area contributed by atoms with Crippen molar-refractivity contribution in [1.29, 1.82) is 0 Å². The maximum absolute atomic E-state index is 14.7. The Hall–Kier alpha value is -3.59. The third kappa shape index (κ3) is 5.41. The predicted molar refractivity (Wildman–Crippen MR) is 144 cm³/mol. The van der Waals surface area contributed by atoms with Crippen molar-refractivity contribution >= 4 is 11.4 Å². The molecule has 3 fully saturated rings. The second kappa shape index (κ2) is 10.4. The van der Waals surface area contributed by atoms with E-state index in [0.29, 0.717) is 35.8 Å². The minimum Gasteiger partial charge on any atom is -0.507 e. The van der Waals surface area contributed by atoms with Gasteiger partial charge in [0.25, 0.3) is 0 Å². The summed E-state index contributed by atoms with van der Waals surface area (Å²) in [6.07, 6.45) is 5.70. The van der Waals surface area contributed by atoms with Crippen LogP contribution in [0.15, 0.2) is 60.1 Å². The highest BCUT2D eigenvalue weighted by Crippen LogP contribution is 2.38. The number of para-hydroxylation sites is 1. The van der Waals surface area contributed by atoms with Gasteiger partial charge in [0.2, 0.25) is 0 Å². The van der Waals surface area contributed by atoms with Crippen molar-refractivity contribution in [2.45, 2.75) is 43.9 Å². The Kier molecular flexibility index (Phi) is 7.06. The van der Waals surface area contributed by atoms with Crippen LogP contribution in [0.25, 0.3) is 5.70 Å². The number of halogens is 1. The number of fused-ring (bicyclic) bond motifs is 2. The van der Waals surface area contributed by atoms with Crippen LogP contribution in [0.2, 0.25) is 0 Å². The van der Waals surface area contributed by atoms with Gasteiger partial charge in [0, 0.05) is 67.3 Å². The van der Waals surface area contributed by atoms with Crippen LogP contribution in [0.3, 0.4) is 0 Å². The SMILES string of the molecule is CN1CCC(Oc2cc(F)cc(N3C4CCC3CN(C(/C=C(\N)c3ccccc3O)=C(N)N)C4)c2)CC1. The zero-order valence-electron chi connectivity index (χ0n) is 21.3. The Balaban J connectivity index is 1.34. The Morgan fingerprint density at radius 2 is 1.68 bits per heavy atom. The molecule has 2 aromatic rings. The second-order valence-electron chi connectivity index (χ2n) is 10.4. The van der Waals surface area contributed by atoms with Crippen molar-refractivity contribution in [1.82, 2.24) is 9.80 Å². The van der Waals surface area contributed by atoms with Gasteiger partial charge < -0.3 is 41.7 Å².